The molecule has 0 spiro atoms. The van der Waals surface area contributed by atoms with Crippen LogP contribution in [0.3, 0.4) is 0 Å². The Morgan fingerprint density at radius 1 is 1.82 bits per heavy atom. The lowest BCUT2D eigenvalue weighted by Crippen LogP contribution is -2.20. The molecule has 0 saturated heterocycles. The van der Waals surface area contributed by atoms with E-state index in [2.05, 4.69) is 4.98 Å². The number of aliphatic carboxylic acids is 1. The molecule has 0 amide bonds. The maximum Gasteiger partial charge on any atom is 0.340 e. The normalized spacial score (nSPS) is 12.8. The molecule has 1 N–H and O–H groups in total. The van der Waals surface area contributed by atoms with Gasteiger partial charge in [-0.15, -0.1) is 0 Å². The number of carboxylic acids is 1. The van der Waals surface area contributed by atoms with E-state index in [1.54, 1.807) is 0 Å². The lowest BCUT2D eigenvalue weighted by molar-refractivity contribution is -0.143. The van der Waals surface area contributed by atoms with E-state index >= 15 is 0 Å². The number of carboxylic acid groups (broad SMARTS) is 1. The zero-order valence-electron chi connectivity index (χ0n) is 5.64. The highest BCUT2D eigenvalue weighted by molar-refractivity contribution is 5.71. The van der Waals surface area contributed by atoms with Gasteiger partial charge in [0.1, 0.15) is 0 Å². The monoisotopic (exact) mass is 158 g/mol. The number of halogens is 1. The van der Waals surface area contributed by atoms with Gasteiger partial charge in [0.25, 0.3) is 0 Å². The van der Waals surface area contributed by atoms with Gasteiger partial charge in [-0.25, -0.2) is 14.2 Å². The summed E-state index contributed by atoms with van der Waals surface area (Å²) in [6.07, 6.45) is 2.49. The van der Waals surface area contributed by atoms with E-state index in [4.69, 9.17) is 5.11 Å². The number of imidazole rings is 1. The molecule has 1 unspecified atom stereocenters. The molecule has 1 rings (SSSR count). The third kappa shape index (κ3) is 2.03. The molecule has 1 aromatic rings. The molecule has 11 heavy (non-hydrogen) atoms. The summed E-state index contributed by atoms with van der Waals surface area (Å²) >= 11 is 0. The maximum absolute atomic E-state index is 12.4. The summed E-state index contributed by atoms with van der Waals surface area (Å²) in [4.78, 5) is 13.7. The van der Waals surface area contributed by atoms with Crippen molar-refractivity contribution in [2.24, 2.45) is 0 Å². The summed E-state index contributed by atoms with van der Waals surface area (Å²) in [6, 6.07) is 0. The average molecular weight is 158 g/mol. The number of carbonyl (C=O) groups is 1. The smallest absolute Gasteiger partial charge is 0.340 e. The van der Waals surface area contributed by atoms with Crippen LogP contribution in [0.5, 0.6) is 0 Å². The second-order valence-electron chi connectivity index (χ2n) is 2.07. The van der Waals surface area contributed by atoms with Crippen molar-refractivity contribution >= 4 is 5.97 Å². The minimum Gasteiger partial charge on any atom is -0.479 e. The first-order chi connectivity index (χ1) is 5.20. The molecule has 0 saturated carbocycles. The van der Waals surface area contributed by atoms with E-state index in [9.17, 15) is 9.18 Å². The highest BCUT2D eigenvalue weighted by Gasteiger charge is 2.15. The standard InChI is InChI=1S/C6H7FN2O2/c7-5(6(10)11)3-9-2-1-8-4-9/h1-2,4-5H,3H2,(H,10,11). The molecular weight excluding hydrogens is 151 g/mol. The Kier molecular flexibility index (Phi) is 2.20. The fraction of sp³-hybridized carbons (Fsp3) is 0.333. The Morgan fingerprint density at radius 2 is 2.55 bits per heavy atom. The Balaban J connectivity index is 2.50. The van der Waals surface area contributed by atoms with Gasteiger partial charge < -0.3 is 9.67 Å². The molecule has 0 fully saturated rings. The highest BCUT2D eigenvalue weighted by Crippen LogP contribution is 1.96. The quantitative estimate of drug-likeness (QED) is 0.688. The Hall–Kier alpha value is -1.39. The number of rotatable bonds is 3. The topological polar surface area (TPSA) is 55.1 Å². The van der Waals surface area contributed by atoms with Crippen LogP contribution in [-0.2, 0) is 11.3 Å². The van der Waals surface area contributed by atoms with Gasteiger partial charge in [0, 0.05) is 12.4 Å². The first kappa shape index (κ1) is 7.71. The molecule has 1 heterocycles. The summed E-state index contributed by atoms with van der Waals surface area (Å²) in [5.74, 6) is -1.45. The Labute approximate surface area is 62.3 Å². The summed E-state index contributed by atoms with van der Waals surface area (Å²) in [7, 11) is 0. The lowest BCUT2D eigenvalue weighted by atomic mass is 10.4. The van der Waals surface area contributed by atoms with Gasteiger partial charge in [0.15, 0.2) is 0 Å². The predicted octanol–water partition coefficient (Wildman–Crippen LogP) is 0.306. The highest BCUT2D eigenvalue weighted by atomic mass is 19.1. The van der Waals surface area contributed by atoms with Gasteiger partial charge in [-0.1, -0.05) is 0 Å². The van der Waals surface area contributed by atoms with Crippen LogP contribution in [0.25, 0.3) is 0 Å². The van der Waals surface area contributed by atoms with Gasteiger partial charge >= 0.3 is 5.97 Å². The molecule has 1 atom stereocenters. The van der Waals surface area contributed by atoms with Crippen LogP contribution < -0.4 is 0 Å². The third-order valence-electron chi connectivity index (χ3n) is 1.20. The predicted molar refractivity (Wildman–Crippen MR) is 34.8 cm³/mol. The average Bonchev–Trinajstić information content (AvgIpc) is 2.39. The summed E-state index contributed by atoms with van der Waals surface area (Å²) in [5.41, 5.74) is 0. The minimum atomic E-state index is -1.86. The lowest BCUT2D eigenvalue weighted by Gasteiger charge is -2.02. The first-order valence-electron chi connectivity index (χ1n) is 3.03. The van der Waals surface area contributed by atoms with Crippen LogP contribution in [0.4, 0.5) is 4.39 Å². The van der Waals surface area contributed by atoms with Crippen molar-refractivity contribution in [3.05, 3.63) is 18.7 Å². The van der Waals surface area contributed by atoms with Crippen molar-refractivity contribution in [1.29, 1.82) is 0 Å². The molecule has 0 aliphatic rings. The van der Waals surface area contributed by atoms with E-state index in [0.717, 1.165) is 0 Å². The van der Waals surface area contributed by atoms with Crippen LogP contribution in [0, 0.1) is 0 Å². The van der Waals surface area contributed by atoms with Gasteiger partial charge in [0.05, 0.1) is 12.9 Å². The van der Waals surface area contributed by atoms with E-state index in [0.29, 0.717) is 0 Å². The molecule has 1 aromatic heterocycles. The zero-order valence-corrected chi connectivity index (χ0v) is 5.64. The van der Waals surface area contributed by atoms with Gasteiger partial charge in [-0.05, 0) is 0 Å². The van der Waals surface area contributed by atoms with Crippen LogP contribution >= 0.6 is 0 Å². The van der Waals surface area contributed by atoms with E-state index in [-0.39, 0.29) is 6.54 Å². The number of nitrogens with zero attached hydrogens (tertiary/aromatic N) is 2. The molecule has 0 aliphatic heterocycles. The minimum absolute atomic E-state index is 0.185. The first-order valence-corrected chi connectivity index (χ1v) is 3.03. The zero-order chi connectivity index (χ0) is 8.27. The fourth-order valence-electron chi connectivity index (χ4n) is 0.658. The summed E-state index contributed by atoms with van der Waals surface area (Å²) < 4.78 is 13.8. The van der Waals surface area contributed by atoms with Crippen molar-refractivity contribution in [2.45, 2.75) is 12.7 Å². The van der Waals surface area contributed by atoms with Crippen LogP contribution in [0.1, 0.15) is 0 Å². The van der Waals surface area contributed by atoms with Gasteiger partial charge in [0.2, 0.25) is 6.17 Å². The van der Waals surface area contributed by atoms with Gasteiger partial charge in [-0.3, -0.25) is 0 Å². The van der Waals surface area contributed by atoms with Crippen molar-refractivity contribution in [1.82, 2.24) is 9.55 Å². The summed E-state index contributed by atoms with van der Waals surface area (Å²) in [6.45, 7) is -0.185. The molecule has 0 aromatic carbocycles. The SMILES string of the molecule is O=C(O)C(F)Cn1ccnc1. The Bertz CT molecular complexity index is 235. The number of hydrogen-bond donors (Lipinski definition) is 1. The molecule has 0 radical (unpaired) electrons. The van der Waals surface area contributed by atoms with Gasteiger partial charge in [-0.2, -0.15) is 0 Å². The van der Waals surface area contributed by atoms with Crippen molar-refractivity contribution in [3.8, 4) is 0 Å². The van der Waals surface area contributed by atoms with Crippen molar-refractivity contribution < 1.29 is 14.3 Å². The largest absolute Gasteiger partial charge is 0.479 e. The second-order valence-corrected chi connectivity index (χ2v) is 2.07. The summed E-state index contributed by atoms with van der Waals surface area (Å²) in [5, 5.41) is 8.17. The fourth-order valence-corrected chi connectivity index (χ4v) is 0.658. The van der Waals surface area contributed by atoms with Crippen LogP contribution in [-0.4, -0.2) is 26.8 Å². The molecular formula is C6H7FN2O2. The Morgan fingerprint density at radius 3 is 3.00 bits per heavy atom. The third-order valence-corrected chi connectivity index (χ3v) is 1.20. The van der Waals surface area contributed by atoms with E-state index in [1.807, 2.05) is 0 Å². The maximum atomic E-state index is 12.4. The molecule has 5 heteroatoms. The van der Waals surface area contributed by atoms with E-state index in [1.165, 1.54) is 23.3 Å². The van der Waals surface area contributed by atoms with Crippen LogP contribution in [0.15, 0.2) is 18.7 Å². The molecule has 0 bridgehead atoms. The number of aromatic nitrogens is 2. The second kappa shape index (κ2) is 3.14. The number of hydrogen-bond acceptors (Lipinski definition) is 2. The number of alkyl halides is 1. The van der Waals surface area contributed by atoms with Crippen molar-refractivity contribution in [2.75, 3.05) is 0 Å². The van der Waals surface area contributed by atoms with Crippen molar-refractivity contribution in [3.63, 3.8) is 0 Å². The molecule has 4 nitrogen and oxygen atoms in total. The molecule has 60 valence electrons. The van der Waals surface area contributed by atoms with Crippen LogP contribution in [0.2, 0.25) is 0 Å². The molecule has 0 aliphatic carbocycles. The van der Waals surface area contributed by atoms with E-state index < -0.39 is 12.1 Å².